The lowest BCUT2D eigenvalue weighted by atomic mass is 9.99. The van der Waals surface area contributed by atoms with E-state index in [0.717, 1.165) is 24.9 Å². The van der Waals surface area contributed by atoms with Crippen molar-refractivity contribution in [3.8, 4) is 5.75 Å². The highest BCUT2D eigenvalue weighted by molar-refractivity contribution is 5.76. The number of ether oxygens (including phenoxy) is 1. The van der Waals surface area contributed by atoms with E-state index in [4.69, 9.17) is 4.74 Å². The van der Waals surface area contributed by atoms with Crippen LogP contribution < -0.4 is 4.74 Å². The molecule has 0 N–H and O–H groups in total. The second-order valence-corrected chi connectivity index (χ2v) is 6.30. The van der Waals surface area contributed by atoms with Gasteiger partial charge in [-0.1, -0.05) is 12.1 Å². The molecular formula is C18H22FN3O2. The summed E-state index contributed by atoms with van der Waals surface area (Å²) in [6.07, 6.45) is 5.53. The average molecular weight is 331 g/mol. The maximum atomic E-state index is 13.6. The van der Waals surface area contributed by atoms with Crippen LogP contribution in [0.4, 0.5) is 4.39 Å². The van der Waals surface area contributed by atoms with Gasteiger partial charge in [0.25, 0.3) is 0 Å². The fourth-order valence-electron chi connectivity index (χ4n) is 2.99. The zero-order valence-electron chi connectivity index (χ0n) is 13.8. The highest BCUT2D eigenvalue weighted by Gasteiger charge is 2.24. The van der Waals surface area contributed by atoms with Crippen molar-refractivity contribution in [1.29, 1.82) is 0 Å². The lowest BCUT2D eigenvalue weighted by molar-refractivity contribution is -0.134. The number of likely N-dealkylation sites (tertiary alicyclic amines) is 1. The Labute approximate surface area is 141 Å². The molecule has 1 atom stereocenters. The normalized spacial score (nSPS) is 17.8. The number of rotatable bonds is 5. The van der Waals surface area contributed by atoms with Gasteiger partial charge in [-0.3, -0.25) is 9.48 Å². The first-order valence-electron chi connectivity index (χ1n) is 8.26. The lowest BCUT2D eigenvalue weighted by Gasteiger charge is -2.32. The highest BCUT2D eigenvalue weighted by Crippen LogP contribution is 2.21. The van der Waals surface area contributed by atoms with Crippen molar-refractivity contribution >= 4 is 5.91 Å². The molecule has 2 aromatic rings. The summed E-state index contributed by atoms with van der Waals surface area (Å²) < 4.78 is 20.9. The number of hydrogen-bond donors (Lipinski definition) is 0. The van der Waals surface area contributed by atoms with Gasteiger partial charge < -0.3 is 9.64 Å². The van der Waals surface area contributed by atoms with Gasteiger partial charge in [0, 0.05) is 25.2 Å². The van der Waals surface area contributed by atoms with E-state index < -0.39 is 0 Å². The number of amides is 1. The van der Waals surface area contributed by atoms with Crippen LogP contribution in [0, 0.1) is 18.7 Å². The van der Waals surface area contributed by atoms with Crippen LogP contribution in [0.1, 0.15) is 18.4 Å². The number of hydrogen-bond acceptors (Lipinski definition) is 3. The predicted molar refractivity (Wildman–Crippen MR) is 88.2 cm³/mol. The minimum absolute atomic E-state index is 0.0636. The number of aryl methyl sites for hydroxylation is 1. The van der Waals surface area contributed by atoms with Crippen molar-refractivity contribution in [1.82, 2.24) is 14.7 Å². The van der Waals surface area contributed by atoms with Crippen molar-refractivity contribution in [3.05, 3.63) is 48.0 Å². The van der Waals surface area contributed by atoms with Gasteiger partial charge in [-0.25, -0.2) is 4.39 Å². The first-order chi connectivity index (χ1) is 11.6. The predicted octanol–water partition coefficient (Wildman–Crippen LogP) is 2.65. The van der Waals surface area contributed by atoms with Crippen LogP contribution in [-0.2, 0) is 11.3 Å². The first-order valence-corrected chi connectivity index (χ1v) is 8.26. The maximum absolute atomic E-state index is 13.6. The Hall–Kier alpha value is -2.37. The number of carbonyl (C=O) groups excluding carboxylic acids is 1. The summed E-state index contributed by atoms with van der Waals surface area (Å²) in [5, 5.41) is 4.16. The SMILES string of the molecule is Cc1cnn(CC(=O)N2CCCC(COc3ccccc3F)C2)c1. The monoisotopic (exact) mass is 331 g/mol. The van der Waals surface area contributed by atoms with E-state index in [9.17, 15) is 9.18 Å². The Balaban J connectivity index is 1.52. The quantitative estimate of drug-likeness (QED) is 0.846. The van der Waals surface area contributed by atoms with Gasteiger partial charge in [0.05, 0.1) is 12.8 Å². The van der Waals surface area contributed by atoms with Gasteiger partial charge in [-0.15, -0.1) is 0 Å². The van der Waals surface area contributed by atoms with Crippen molar-refractivity contribution < 1.29 is 13.9 Å². The van der Waals surface area contributed by atoms with Gasteiger partial charge in [-0.05, 0) is 37.5 Å². The Morgan fingerprint density at radius 2 is 2.25 bits per heavy atom. The fourth-order valence-corrected chi connectivity index (χ4v) is 2.99. The molecule has 1 aliphatic heterocycles. The zero-order chi connectivity index (χ0) is 16.9. The lowest BCUT2D eigenvalue weighted by Crippen LogP contribution is -2.43. The summed E-state index contributed by atoms with van der Waals surface area (Å²) in [6, 6.07) is 6.40. The fraction of sp³-hybridized carbons (Fsp3) is 0.444. The second-order valence-electron chi connectivity index (χ2n) is 6.30. The van der Waals surface area contributed by atoms with Crippen LogP contribution in [0.15, 0.2) is 36.7 Å². The van der Waals surface area contributed by atoms with E-state index in [1.165, 1.54) is 6.07 Å². The largest absolute Gasteiger partial charge is 0.490 e. The molecule has 1 aromatic carbocycles. The standard InChI is InChI=1S/C18H22FN3O2/c1-14-9-20-22(10-14)12-18(23)21-8-4-5-15(11-21)13-24-17-7-3-2-6-16(17)19/h2-3,6-7,9-10,15H,4-5,8,11-13H2,1H3. The van der Waals surface area contributed by atoms with E-state index in [1.54, 1.807) is 29.1 Å². The molecule has 24 heavy (non-hydrogen) atoms. The maximum Gasteiger partial charge on any atom is 0.244 e. The van der Waals surface area contributed by atoms with Crippen molar-refractivity contribution in [2.45, 2.75) is 26.3 Å². The Morgan fingerprint density at radius 3 is 3.00 bits per heavy atom. The highest BCUT2D eigenvalue weighted by atomic mass is 19.1. The van der Waals surface area contributed by atoms with Gasteiger partial charge in [0.1, 0.15) is 6.54 Å². The molecule has 6 heteroatoms. The molecule has 0 spiro atoms. The first kappa shape index (κ1) is 16.5. The summed E-state index contributed by atoms with van der Waals surface area (Å²) in [5.74, 6) is 0.207. The smallest absolute Gasteiger partial charge is 0.244 e. The summed E-state index contributed by atoms with van der Waals surface area (Å²) in [5.41, 5.74) is 1.04. The molecule has 0 bridgehead atoms. The molecule has 0 aliphatic carbocycles. The van der Waals surface area contributed by atoms with E-state index in [1.807, 2.05) is 18.0 Å². The number of nitrogens with zero attached hydrogens (tertiary/aromatic N) is 3. The summed E-state index contributed by atoms with van der Waals surface area (Å²) >= 11 is 0. The summed E-state index contributed by atoms with van der Waals surface area (Å²) in [4.78, 5) is 14.3. The molecule has 1 amide bonds. The average Bonchev–Trinajstić information content (AvgIpc) is 2.99. The third-order valence-corrected chi connectivity index (χ3v) is 4.24. The number of para-hydroxylation sites is 1. The summed E-state index contributed by atoms with van der Waals surface area (Å²) in [7, 11) is 0. The molecule has 1 fully saturated rings. The topological polar surface area (TPSA) is 47.4 Å². The molecule has 1 unspecified atom stereocenters. The molecule has 2 heterocycles. The number of aromatic nitrogens is 2. The molecular weight excluding hydrogens is 309 g/mol. The van der Waals surface area contributed by atoms with Crippen LogP contribution >= 0.6 is 0 Å². The van der Waals surface area contributed by atoms with E-state index >= 15 is 0 Å². The second kappa shape index (κ2) is 7.47. The molecule has 1 saturated heterocycles. The Morgan fingerprint density at radius 1 is 1.42 bits per heavy atom. The molecule has 128 valence electrons. The van der Waals surface area contributed by atoms with Crippen molar-refractivity contribution in [2.75, 3.05) is 19.7 Å². The number of piperidine rings is 1. The summed E-state index contributed by atoms with van der Waals surface area (Å²) in [6.45, 7) is 4.04. The minimum Gasteiger partial charge on any atom is -0.490 e. The van der Waals surface area contributed by atoms with E-state index in [2.05, 4.69) is 5.10 Å². The van der Waals surface area contributed by atoms with Crippen LogP contribution in [0.25, 0.3) is 0 Å². The number of halogens is 1. The molecule has 1 aromatic heterocycles. The Bertz CT molecular complexity index is 701. The van der Waals surface area contributed by atoms with Gasteiger partial charge >= 0.3 is 0 Å². The minimum atomic E-state index is -0.352. The molecule has 1 aliphatic rings. The van der Waals surface area contributed by atoms with E-state index in [0.29, 0.717) is 13.2 Å². The van der Waals surface area contributed by atoms with Gasteiger partial charge in [-0.2, -0.15) is 5.10 Å². The van der Waals surface area contributed by atoms with Crippen LogP contribution in [-0.4, -0.2) is 40.3 Å². The van der Waals surface area contributed by atoms with Crippen molar-refractivity contribution in [2.24, 2.45) is 5.92 Å². The molecule has 5 nitrogen and oxygen atoms in total. The van der Waals surface area contributed by atoms with Crippen LogP contribution in [0.2, 0.25) is 0 Å². The number of carbonyl (C=O) groups is 1. The number of benzene rings is 1. The molecule has 0 radical (unpaired) electrons. The Kier molecular flexibility index (Phi) is 5.13. The van der Waals surface area contributed by atoms with Crippen molar-refractivity contribution in [3.63, 3.8) is 0 Å². The van der Waals surface area contributed by atoms with Gasteiger partial charge in [0.15, 0.2) is 11.6 Å². The third-order valence-electron chi connectivity index (χ3n) is 4.24. The van der Waals surface area contributed by atoms with Crippen LogP contribution in [0.3, 0.4) is 0 Å². The van der Waals surface area contributed by atoms with Crippen LogP contribution in [0.5, 0.6) is 5.75 Å². The van der Waals surface area contributed by atoms with Gasteiger partial charge in [0.2, 0.25) is 5.91 Å². The molecule has 3 rings (SSSR count). The zero-order valence-corrected chi connectivity index (χ0v) is 13.8. The molecule has 0 saturated carbocycles. The van der Waals surface area contributed by atoms with E-state index in [-0.39, 0.29) is 29.9 Å². The third kappa shape index (κ3) is 4.13.